The van der Waals surface area contributed by atoms with Crippen LogP contribution in [0.1, 0.15) is 44.1 Å². The molecule has 3 aromatic rings. The minimum absolute atomic E-state index is 0.0838. The summed E-state index contributed by atoms with van der Waals surface area (Å²) in [6.45, 7) is 3.69. The highest BCUT2D eigenvalue weighted by Crippen LogP contribution is 2.24. The molecule has 0 aliphatic carbocycles. The van der Waals surface area contributed by atoms with Gasteiger partial charge in [-0.2, -0.15) is 28.5 Å². The van der Waals surface area contributed by atoms with Gasteiger partial charge in [-0.1, -0.05) is 30.3 Å². The van der Waals surface area contributed by atoms with Crippen LogP contribution < -0.4 is 19.4 Å². The Morgan fingerprint density at radius 1 is 0.757 bits per heavy atom. The predicted molar refractivity (Wildman–Crippen MR) is 144 cm³/mol. The molecule has 194 valence electrons. The van der Waals surface area contributed by atoms with E-state index in [2.05, 4.69) is 30.3 Å². The van der Waals surface area contributed by atoms with Crippen LogP contribution in [-0.4, -0.2) is 55.8 Å². The predicted octanol–water partition coefficient (Wildman–Crippen LogP) is 4.07. The molecule has 0 unspecified atom stereocenters. The molecule has 1 aromatic heterocycles. The van der Waals surface area contributed by atoms with Crippen LogP contribution >= 0.6 is 0 Å². The Bertz CT molecular complexity index is 1290. The molecule has 0 saturated carbocycles. The van der Waals surface area contributed by atoms with Crippen LogP contribution in [-0.2, 0) is 10.1 Å². The Kier molecular flexibility index (Phi) is 7.79. The molecular weight excluding hydrogens is 490 g/mol. The molecule has 0 amide bonds. The van der Waals surface area contributed by atoms with Crippen molar-refractivity contribution in [1.29, 1.82) is 0 Å². The second-order valence-electron chi connectivity index (χ2n) is 9.11. The Balaban J connectivity index is 1.36. The summed E-state index contributed by atoms with van der Waals surface area (Å²) in [4.78, 5) is 18.5. The number of aromatic nitrogens is 3. The van der Waals surface area contributed by atoms with Crippen molar-refractivity contribution < 1.29 is 12.6 Å². The molecule has 2 saturated heterocycles. The molecule has 3 heterocycles. The molecule has 2 aromatic carbocycles. The van der Waals surface area contributed by atoms with Gasteiger partial charge in [-0.05, 0) is 62.8 Å². The van der Waals surface area contributed by atoms with E-state index in [9.17, 15) is 8.42 Å². The van der Waals surface area contributed by atoms with Gasteiger partial charge in [0, 0.05) is 31.7 Å². The number of para-hydroxylation sites is 1. The van der Waals surface area contributed by atoms with Crippen LogP contribution in [0.15, 0.2) is 64.6 Å². The zero-order chi connectivity index (χ0) is 25.5. The third-order valence-electron chi connectivity index (χ3n) is 6.41. The maximum absolute atomic E-state index is 12.7. The summed E-state index contributed by atoms with van der Waals surface area (Å²) in [6, 6.07) is 14.9. The number of piperidine rings is 2. The number of hydrogen-bond acceptors (Lipinski definition) is 10. The van der Waals surface area contributed by atoms with Crippen LogP contribution in [0.25, 0.3) is 0 Å². The lowest BCUT2D eigenvalue weighted by molar-refractivity contribution is 0.485. The molecule has 5 rings (SSSR count). The maximum Gasteiger partial charge on any atom is 0.339 e. The van der Waals surface area contributed by atoms with Gasteiger partial charge in [-0.3, -0.25) is 0 Å². The lowest BCUT2D eigenvalue weighted by atomic mass is 10.1. The van der Waals surface area contributed by atoms with Crippen LogP contribution in [0, 0.1) is 0 Å². The average Bonchev–Trinajstić information content (AvgIpc) is 2.95. The maximum atomic E-state index is 12.7. The number of hydrogen-bond donors (Lipinski definition) is 1. The summed E-state index contributed by atoms with van der Waals surface area (Å²) < 4.78 is 30.8. The number of rotatable bonds is 8. The lowest BCUT2D eigenvalue weighted by Crippen LogP contribution is -2.34. The van der Waals surface area contributed by atoms with E-state index < -0.39 is 10.1 Å². The van der Waals surface area contributed by atoms with Crippen LogP contribution in [0.3, 0.4) is 0 Å². The van der Waals surface area contributed by atoms with E-state index >= 15 is 0 Å². The van der Waals surface area contributed by atoms with Gasteiger partial charge >= 0.3 is 10.1 Å². The summed E-state index contributed by atoms with van der Waals surface area (Å²) in [7, 11) is -3.98. The number of anilines is 3. The quantitative estimate of drug-likeness (QED) is 0.266. The third-order valence-corrected chi connectivity index (χ3v) is 7.66. The van der Waals surface area contributed by atoms with Gasteiger partial charge < -0.3 is 14.0 Å². The number of benzene rings is 2. The number of nitrogens with one attached hydrogen (secondary N) is 1. The molecule has 37 heavy (non-hydrogen) atoms. The molecule has 0 atom stereocenters. The van der Waals surface area contributed by atoms with E-state index in [1.807, 2.05) is 0 Å². The van der Waals surface area contributed by atoms with E-state index in [1.54, 1.807) is 42.5 Å². The average molecular weight is 522 g/mol. The van der Waals surface area contributed by atoms with Crippen LogP contribution in [0.5, 0.6) is 5.75 Å². The van der Waals surface area contributed by atoms with Gasteiger partial charge in [0.25, 0.3) is 0 Å². The molecule has 11 heteroatoms. The van der Waals surface area contributed by atoms with Crippen LogP contribution in [0.2, 0.25) is 0 Å². The normalized spacial score (nSPS) is 16.6. The summed E-state index contributed by atoms with van der Waals surface area (Å²) in [6.07, 6.45) is 8.42. The van der Waals surface area contributed by atoms with Crippen molar-refractivity contribution in [2.45, 2.75) is 43.4 Å². The monoisotopic (exact) mass is 521 g/mol. The Morgan fingerprint density at radius 3 is 1.95 bits per heavy atom. The first-order valence-electron chi connectivity index (χ1n) is 12.7. The SMILES string of the molecule is O=S(=O)(Oc1ccccc1C=NNc1nc(N2CCCCC2)nc(N2CCCCC2)n1)c1ccccc1. The van der Waals surface area contributed by atoms with Crippen LogP contribution in [0.4, 0.5) is 17.8 Å². The van der Waals surface area contributed by atoms with E-state index in [-0.39, 0.29) is 10.6 Å². The second kappa shape index (κ2) is 11.5. The van der Waals surface area contributed by atoms with Gasteiger partial charge in [0.1, 0.15) is 4.90 Å². The molecule has 0 bridgehead atoms. The minimum atomic E-state index is -3.98. The first-order chi connectivity index (χ1) is 18.1. The standard InChI is InChI=1S/C26H31N7O3S/c34-37(35,22-13-4-1-5-14-22)36-23-15-7-6-12-21(23)20-27-31-24-28-25(32-16-8-2-9-17-32)30-26(29-24)33-18-10-3-11-19-33/h1,4-7,12-15,20H,2-3,8-11,16-19H2,(H,28,29,30,31). The number of nitrogens with zero attached hydrogens (tertiary/aromatic N) is 6. The van der Waals surface area contributed by atoms with Gasteiger partial charge in [0.05, 0.1) is 6.21 Å². The van der Waals surface area contributed by atoms with Crippen molar-refractivity contribution in [3.8, 4) is 5.75 Å². The summed E-state index contributed by atoms with van der Waals surface area (Å²) >= 11 is 0. The highest BCUT2D eigenvalue weighted by atomic mass is 32.2. The van der Waals surface area contributed by atoms with E-state index in [1.165, 1.54) is 31.2 Å². The molecule has 2 aliphatic heterocycles. The molecule has 2 fully saturated rings. The highest BCUT2D eigenvalue weighted by molar-refractivity contribution is 7.87. The Hall–Kier alpha value is -3.73. The zero-order valence-corrected chi connectivity index (χ0v) is 21.5. The minimum Gasteiger partial charge on any atom is -0.378 e. The fraction of sp³-hybridized carbons (Fsp3) is 0.385. The third kappa shape index (κ3) is 6.34. The Morgan fingerprint density at radius 2 is 1.32 bits per heavy atom. The fourth-order valence-electron chi connectivity index (χ4n) is 4.45. The van der Waals surface area contributed by atoms with E-state index in [0.717, 1.165) is 51.9 Å². The molecule has 10 nitrogen and oxygen atoms in total. The lowest BCUT2D eigenvalue weighted by Gasteiger charge is -2.30. The van der Waals surface area contributed by atoms with Crippen molar-refractivity contribution in [3.63, 3.8) is 0 Å². The zero-order valence-electron chi connectivity index (χ0n) is 20.7. The Labute approximate surface area is 217 Å². The van der Waals surface area contributed by atoms with Crippen molar-refractivity contribution >= 4 is 34.2 Å². The van der Waals surface area contributed by atoms with Crippen molar-refractivity contribution in [2.24, 2.45) is 5.10 Å². The topological polar surface area (TPSA) is 113 Å². The molecule has 0 spiro atoms. The van der Waals surface area contributed by atoms with Gasteiger partial charge in [-0.15, -0.1) is 0 Å². The molecule has 1 N–H and O–H groups in total. The second-order valence-corrected chi connectivity index (χ2v) is 10.7. The highest BCUT2D eigenvalue weighted by Gasteiger charge is 2.21. The van der Waals surface area contributed by atoms with Crippen molar-refractivity contribution in [2.75, 3.05) is 41.4 Å². The fourth-order valence-corrected chi connectivity index (χ4v) is 5.43. The van der Waals surface area contributed by atoms with E-state index in [4.69, 9.17) is 9.17 Å². The van der Waals surface area contributed by atoms with E-state index in [0.29, 0.717) is 23.4 Å². The molecule has 2 aliphatic rings. The first-order valence-corrected chi connectivity index (χ1v) is 14.1. The largest absolute Gasteiger partial charge is 0.378 e. The van der Waals surface area contributed by atoms with Crippen molar-refractivity contribution in [1.82, 2.24) is 15.0 Å². The smallest absolute Gasteiger partial charge is 0.339 e. The number of hydrazone groups is 1. The molecular formula is C26H31N7O3S. The first kappa shape index (κ1) is 24.9. The summed E-state index contributed by atoms with van der Waals surface area (Å²) in [5.41, 5.74) is 3.42. The van der Waals surface area contributed by atoms with Gasteiger partial charge in [-0.25, -0.2) is 5.43 Å². The summed E-state index contributed by atoms with van der Waals surface area (Å²) in [5.74, 6) is 1.84. The van der Waals surface area contributed by atoms with Gasteiger partial charge in [0.2, 0.25) is 17.8 Å². The van der Waals surface area contributed by atoms with Gasteiger partial charge in [0.15, 0.2) is 5.75 Å². The summed E-state index contributed by atoms with van der Waals surface area (Å²) in [5, 5.41) is 4.31. The molecule has 0 radical (unpaired) electrons. The van der Waals surface area contributed by atoms with Crippen molar-refractivity contribution in [3.05, 3.63) is 60.2 Å².